The Morgan fingerprint density at radius 2 is 1.84 bits per heavy atom. The lowest BCUT2D eigenvalue weighted by Gasteiger charge is -2.34. The number of nitrogens with one attached hydrogen (secondary N) is 1. The number of benzene rings is 1. The van der Waals surface area contributed by atoms with Gasteiger partial charge in [-0.3, -0.25) is 0 Å². The van der Waals surface area contributed by atoms with Gasteiger partial charge in [0.05, 0.1) is 0 Å². The van der Waals surface area contributed by atoms with Crippen LogP contribution in [0.25, 0.3) is 0 Å². The second-order valence-electron chi connectivity index (χ2n) is 5.90. The molecule has 2 fully saturated rings. The van der Waals surface area contributed by atoms with Gasteiger partial charge in [-0.05, 0) is 43.2 Å². The van der Waals surface area contributed by atoms with Gasteiger partial charge in [-0.25, -0.2) is 0 Å². The Labute approximate surface area is 115 Å². The van der Waals surface area contributed by atoms with Crippen molar-refractivity contribution in [2.45, 2.75) is 38.3 Å². The molecule has 3 nitrogen and oxygen atoms in total. The van der Waals surface area contributed by atoms with Gasteiger partial charge in [0.15, 0.2) is 0 Å². The highest BCUT2D eigenvalue weighted by Crippen LogP contribution is 2.27. The van der Waals surface area contributed by atoms with E-state index in [2.05, 4.69) is 34.5 Å². The molecule has 1 saturated carbocycles. The van der Waals surface area contributed by atoms with Crippen LogP contribution in [-0.2, 0) is 6.54 Å². The molecular weight excluding hydrogens is 236 g/mol. The van der Waals surface area contributed by atoms with Crippen molar-refractivity contribution in [3.8, 4) is 0 Å². The molecule has 0 spiro atoms. The van der Waals surface area contributed by atoms with Crippen LogP contribution in [0.5, 0.6) is 0 Å². The van der Waals surface area contributed by atoms with E-state index >= 15 is 0 Å². The summed E-state index contributed by atoms with van der Waals surface area (Å²) in [5, 5.41) is 12.8. The summed E-state index contributed by atoms with van der Waals surface area (Å²) >= 11 is 0. The molecule has 0 atom stereocenters. The van der Waals surface area contributed by atoms with Crippen LogP contribution in [0, 0.1) is 5.92 Å². The fourth-order valence-electron chi connectivity index (χ4n) is 2.87. The molecule has 1 aliphatic carbocycles. The molecule has 0 unspecified atom stereocenters. The number of aliphatic hydroxyl groups excluding tert-OH is 1. The lowest BCUT2D eigenvalue weighted by atomic mass is 9.97. The van der Waals surface area contributed by atoms with Gasteiger partial charge in [-0.15, -0.1) is 0 Å². The minimum absolute atomic E-state index is 0.346. The zero-order chi connectivity index (χ0) is 13.1. The third-order valence-corrected chi connectivity index (χ3v) is 4.36. The Morgan fingerprint density at radius 3 is 2.53 bits per heavy atom. The van der Waals surface area contributed by atoms with Crippen molar-refractivity contribution in [2.24, 2.45) is 5.92 Å². The predicted octanol–water partition coefficient (Wildman–Crippen LogP) is 2.15. The van der Waals surface area contributed by atoms with Gasteiger partial charge >= 0.3 is 0 Å². The minimum Gasteiger partial charge on any atom is -0.396 e. The zero-order valence-corrected chi connectivity index (χ0v) is 11.5. The molecule has 104 valence electrons. The van der Waals surface area contributed by atoms with Crippen LogP contribution >= 0.6 is 0 Å². The van der Waals surface area contributed by atoms with Crippen LogP contribution in [0.1, 0.15) is 31.2 Å². The maximum atomic E-state index is 9.23. The molecule has 1 saturated heterocycles. The van der Waals surface area contributed by atoms with Gasteiger partial charge < -0.3 is 15.3 Å². The van der Waals surface area contributed by atoms with Gasteiger partial charge in [0.1, 0.15) is 0 Å². The number of hydrogen-bond acceptors (Lipinski definition) is 3. The van der Waals surface area contributed by atoms with Crippen LogP contribution in [0.2, 0.25) is 0 Å². The number of para-hydroxylation sites is 1. The number of anilines is 1. The highest BCUT2D eigenvalue weighted by molar-refractivity contribution is 5.54. The molecule has 0 radical (unpaired) electrons. The first-order valence-electron chi connectivity index (χ1n) is 7.54. The summed E-state index contributed by atoms with van der Waals surface area (Å²) in [4.78, 5) is 2.48. The Hall–Kier alpha value is -1.06. The van der Waals surface area contributed by atoms with Crippen LogP contribution in [0.3, 0.4) is 0 Å². The van der Waals surface area contributed by atoms with E-state index < -0.39 is 0 Å². The van der Waals surface area contributed by atoms with E-state index in [1.807, 2.05) is 0 Å². The average molecular weight is 260 g/mol. The van der Waals surface area contributed by atoms with E-state index in [4.69, 9.17) is 0 Å². The van der Waals surface area contributed by atoms with Crippen molar-refractivity contribution in [2.75, 3.05) is 24.6 Å². The number of piperidine rings is 1. The first kappa shape index (κ1) is 12.9. The zero-order valence-electron chi connectivity index (χ0n) is 11.5. The quantitative estimate of drug-likeness (QED) is 0.851. The van der Waals surface area contributed by atoms with Crippen molar-refractivity contribution in [3.05, 3.63) is 29.8 Å². The summed E-state index contributed by atoms with van der Waals surface area (Å²) in [6.07, 6.45) is 4.90. The maximum absolute atomic E-state index is 9.23. The van der Waals surface area contributed by atoms with Crippen LogP contribution in [0.15, 0.2) is 24.3 Å². The molecule has 2 aliphatic rings. The third-order valence-electron chi connectivity index (χ3n) is 4.36. The molecule has 0 bridgehead atoms. The van der Waals surface area contributed by atoms with Gasteiger partial charge in [0.2, 0.25) is 0 Å². The molecule has 19 heavy (non-hydrogen) atoms. The summed E-state index contributed by atoms with van der Waals surface area (Å²) in [6.45, 7) is 3.48. The predicted molar refractivity (Wildman–Crippen MR) is 78.3 cm³/mol. The largest absolute Gasteiger partial charge is 0.396 e. The van der Waals surface area contributed by atoms with E-state index in [1.54, 1.807) is 0 Å². The number of nitrogens with zero attached hydrogens (tertiary/aromatic N) is 1. The number of aliphatic hydroxyl groups is 1. The molecule has 1 aliphatic heterocycles. The van der Waals surface area contributed by atoms with E-state index in [0.717, 1.165) is 38.5 Å². The molecule has 0 amide bonds. The molecule has 1 aromatic carbocycles. The lowest BCUT2D eigenvalue weighted by Crippen LogP contribution is -2.35. The van der Waals surface area contributed by atoms with E-state index in [0.29, 0.717) is 12.5 Å². The normalized spacial score (nSPS) is 20.8. The second-order valence-corrected chi connectivity index (χ2v) is 5.90. The minimum atomic E-state index is 0.346. The highest BCUT2D eigenvalue weighted by Gasteiger charge is 2.22. The van der Waals surface area contributed by atoms with Gasteiger partial charge in [0, 0.05) is 38.0 Å². The van der Waals surface area contributed by atoms with Crippen molar-refractivity contribution in [1.82, 2.24) is 5.32 Å². The Balaban J connectivity index is 1.65. The second kappa shape index (κ2) is 5.93. The van der Waals surface area contributed by atoms with Crippen molar-refractivity contribution in [3.63, 3.8) is 0 Å². The smallest absolute Gasteiger partial charge is 0.0460 e. The lowest BCUT2D eigenvalue weighted by molar-refractivity contribution is 0.203. The topological polar surface area (TPSA) is 35.5 Å². The van der Waals surface area contributed by atoms with E-state index in [-0.39, 0.29) is 0 Å². The van der Waals surface area contributed by atoms with Gasteiger partial charge in [0.25, 0.3) is 0 Å². The molecular formula is C16H24N2O. The summed E-state index contributed by atoms with van der Waals surface area (Å²) in [5.41, 5.74) is 2.80. The fraction of sp³-hybridized carbons (Fsp3) is 0.625. The van der Waals surface area contributed by atoms with Crippen molar-refractivity contribution >= 4 is 5.69 Å². The summed E-state index contributed by atoms with van der Waals surface area (Å²) in [6, 6.07) is 9.50. The maximum Gasteiger partial charge on any atom is 0.0460 e. The highest BCUT2D eigenvalue weighted by atomic mass is 16.3. The number of rotatable bonds is 5. The first-order chi connectivity index (χ1) is 9.36. The fourth-order valence-corrected chi connectivity index (χ4v) is 2.87. The Bertz CT molecular complexity index is 409. The third kappa shape index (κ3) is 3.28. The Kier molecular flexibility index (Phi) is 4.04. The van der Waals surface area contributed by atoms with Gasteiger partial charge in [-0.2, -0.15) is 0 Å². The van der Waals surface area contributed by atoms with E-state index in [9.17, 15) is 5.11 Å². The molecule has 3 rings (SSSR count). The Morgan fingerprint density at radius 1 is 1.11 bits per heavy atom. The molecule has 1 aromatic rings. The van der Waals surface area contributed by atoms with Crippen LogP contribution in [0.4, 0.5) is 5.69 Å². The summed E-state index contributed by atoms with van der Waals surface area (Å²) < 4.78 is 0. The van der Waals surface area contributed by atoms with Crippen molar-refractivity contribution < 1.29 is 5.11 Å². The van der Waals surface area contributed by atoms with Crippen LogP contribution in [-0.4, -0.2) is 30.8 Å². The van der Waals surface area contributed by atoms with Crippen molar-refractivity contribution in [1.29, 1.82) is 0 Å². The molecule has 0 aromatic heterocycles. The monoisotopic (exact) mass is 260 g/mol. The SMILES string of the molecule is OCC1CCN(c2ccccc2CNC2CC2)CC1. The molecule has 1 heterocycles. The van der Waals surface area contributed by atoms with E-state index in [1.165, 1.54) is 24.1 Å². The summed E-state index contributed by atoms with van der Waals surface area (Å²) in [7, 11) is 0. The molecule has 3 heteroatoms. The first-order valence-corrected chi connectivity index (χ1v) is 7.54. The molecule has 2 N–H and O–H groups in total. The standard InChI is InChI=1S/C16H24N2O/c19-12-13-7-9-18(10-8-13)16-4-2-1-3-14(16)11-17-15-5-6-15/h1-4,13,15,17,19H,5-12H2. The average Bonchev–Trinajstić information content (AvgIpc) is 3.30. The van der Waals surface area contributed by atoms with Gasteiger partial charge in [-0.1, -0.05) is 18.2 Å². The number of hydrogen-bond donors (Lipinski definition) is 2. The summed E-state index contributed by atoms with van der Waals surface area (Å²) in [5.74, 6) is 0.507. The van der Waals surface area contributed by atoms with Crippen LogP contribution < -0.4 is 10.2 Å².